The number of hydrogen-bond donors (Lipinski definition) is 1. The van der Waals surface area contributed by atoms with Crippen LogP contribution >= 0.6 is 0 Å². The number of aromatic nitrogens is 2. The van der Waals surface area contributed by atoms with Crippen molar-refractivity contribution in [1.29, 1.82) is 0 Å². The molecule has 0 atom stereocenters. The molecule has 1 heterocycles. The van der Waals surface area contributed by atoms with Gasteiger partial charge in [-0.3, -0.25) is 5.10 Å². The summed E-state index contributed by atoms with van der Waals surface area (Å²) in [5.41, 5.74) is 0.780. The Labute approximate surface area is 102 Å². The summed E-state index contributed by atoms with van der Waals surface area (Å²) in [6, 6.07) is 4.37. The lowest BCUT2D eigenvalue weighted by Gasteiger charge is -2.13. The molecule has 0 saturated carbocycles. The van der Waals surface area contributed by atoms with Gasteiger partial charge < -0.3 is 4.74 Å². The van der Waals surface area contributed by atoms with Crippen molar-refractivity contribution in [3.05, 3.63) is 36.4 Å². The Bertz CT molecular complexity index is 521. The molecule has 0 amide bonds. The average molecular weight is 256 g/mol. The van der Waals surface area contributed by atoms with Gasteiger partial charge in [0.2, 0.25) is 0 Å². The molecule has 0 aliphatic heterocycles. The lowest BCUT2D eigenvalue weighted by atomic mass is 10.1. The number of H-pyrrole nitrogens is 1. The fourth-order valence-corrected chi connectivity index (χ4v) is 1.45. The molecule has 1 aromatic carbocycles. The van der Waals surface area contributed by atoms with Gasteiger partial charge in [0.25, 0.3) is 5.92 Å². The van der Waals surface area contributed by atoms with Crippen molar-refractivity contribution < 1.29 is 17.9 Å². The number of alkyl halides is 2. The van der Waals surface area contributed by atoms with Gasteiger partial charge in [0.1, 0.15) is 0 Å². The zero-order valence-corrected chi connectivity index (χ0v) is 9.58. The van der Waals surface area contributed by atoms with Gasteiger partial charge in [0, 0.05) is 24.2 Å². The molecular formula is C12H11F3N2O. The van der Waals surface area contributed by atoms with Gasteiger partial charge in [-0.25, -0.2) is 13.2 Å². The van der Waals surface area contributed by atoms with Crippen molar-refractivity contribution >= 4 is 0 Å². The summed E-state index contributed by atoms with van der Waals surface area (Å²) in [6.45, 7) is -0.149. The topological polar surface area (TPSA) is 37.9 Å². The first-order valence-electron chi connectivity index (χ1n) is 5.26. The van der Waals surface area contributed by atoms with Gasteiger partial charge in [-0.05, 0) is 6.07 Å². The van der Waals surface area contributed by atoms with Crippen LogP contribution in [0.25, 0.3) is 11.1 Å². The van der Waals surface area contributed by atoms with Crippen LogP contribution in [-0.2, 0) is 0 Å². The van der Waals surface area contributed by atoms with E-state index in [2.05, 4.69) is 10.2 Å². The fourth-order valence-electron chi connectivity index (χ4n) is 1.45. The van der Waals surface area contributed by atoms with Crippen LogP contribution in [-0.4, -0.2) is 22.7 Å². The Hall–Kier alpha value is -1.98. The van der Waals surface area contributed by atoms with Crippen molar-refractivity contribution in [1.82, 2.24) is 10.2 Å². The molecule has 0 radical (unpaired) electrons. The van der Waals surface area contributed by atoms with Crippen LogP contribution in [0.3, 0.4) is 0 Å². The molecule has 0 aliphatic rings. The van der Waals surface area contributed by atoms with Gasteiger partial charge in [0.15, 0.2) is 18.2 Å². The number of benzene rings is 1. The summed E-state index contributed by atoms with van der Waals surface area (Å²) in [6.07, 6.45) is 2.95. The maximum absolute atomic E-state index is 14.0. The van der Waals surface area contributed by atoms with E-state index < -0.39 is 18.3 Å². The number of halogens is 3. The first-order chi connectivity index (χ1) is 8.47. The van der Waals surface area contributed by atoms with E-state index in [1.165, 1.54) is 30.6 Å². The number of nitrogens with zero attached hydrogens (tertiary/aromatic N) is 1. The largest absolute Gasteiger partial charge is 0.484 e. The molecule has 6 heteroatoms. The van der Waals surface area contributed by atoms with E-state index in [4.69, 9.17) is 4.74 Å². The van der Waals surface area contributed by atoms with E-state index in [0.29, 0.717) is 12.5 Å². The molecule has 0 fully saturated rings. The highest BCUT2D eigenvalue weighted by Crippen LogP contribution is 2.29. The molecule has 18 heavy (non-hydrogen) atoms. The van der Waals surface area contributed by atoms with Crippen LogP contribution < -0.4 is 4.74 Å². The van der Waals surface area contributed by atoms with Crippen molar-refractivity contribution in [2.75, 3.05) is 6.61 Å². The van der Waals surface area contributed by atoms with Crippen LogP contribution in [0.1, 0.15) is 6.92 Å². The lowest BCUT2D eigenvalue weighted by molar-refractivity contribution is -0.0238. The second-order valence-corrected chi connectivity index (χ2v) is 3.96. The molecule has 0 bridgehead atoms. The van der Waals surface area contributed by atoms with E-state index in [9.17, 15) is 13.2 Å². The maximum atomic E-state index is 14.0. The highest BCUT2D eigenvalue weighted by molar-refractivity contribution is 5.64. The predicted molar refractivity (Wildman–Crippen MR) is 60.1 cm³/mol. The van der Waals surface area contributed by atoms with Crippen molar-refractivity contribution in [2.24, 2.45) is 0 Å². The minimum Gasteiger partial charge on any atom is -0.484 e. The Balaban J connectivity index is 2.25. The van der Waals surface area contributed by atoms with Crippen molar-refractivity contribution in [3.63, 3.8) is 0 Å². The Morgan fingerprint density at radius 3 is 2.78 bits per heavy atom. The monoisotopic (exact) mass is 256 g/mol. The lowest BCUT2D eigenvalue weighted by Crippen LogP contribution is -2.21. The first-order valence-corrected chi connectivity index (χ1v) is 5.26. The van der Waals surface area contributed by atoms with Gasteiger partial charge in [0.05, 0.1) is 6.20 Å². The van der Waals surface area contributed by atoms with Crippen LogP contribution in [0, 0.1) is 5.82 Å². The van der Waals surface area contributed by atoms with Gasteiger partial charge >= 0.3 is 0 Å². The number of nitrogens with one attached hydrogen (secondary N) is 1. The molecule has 3 nitrogen and oxygen atoms in total. The Kier molecular flexibility index (Phi) is 3.27. The van der Waals surface area contributed by atoms with Crippen molar-refractivity contribution in [3.8, 4) is 16.9 Å². The highest BCUT2D eigenvalue weighted by Gasteiger charge is 2.23. The fraction of sp³-hybridized carbons (Fsp3) is 0.250. The Morgan fingerprint density at radius 2 is 2.17 bits per heavy atom. The zero-order valence-electron chi connectivity index (χ0n) is 9.58. The molecule has 0 saturated heterocycles. The van der Waals surface area contributed by atoms with E-state index >= 15 is 0 Å². The van der Waals surface area contributed by atoms with Gasteiger partial charge in [-0.1, -0.05) is 12.1 Å². The smallest absolute Gasteiger partial charge is 0.278 e. The molecule has 1 N–H and O–H groups in total. The molecular weight excluding hydrogens is 245 g/mol. The molecule has 2 rings (SSSR count). The summed E-state index contributed by atoms with van der Waals surface area (Å²) >= 11 is 0. The molecule has 96 valence electrons. The quantitative estimate of drug-likeness (QED) is 0.911. The predicted octanol–water partition coefficient (Wildman–Crippen LogP) is 3.25. The third kappa shape index (κ3) is 2.82. The van der Waals surface area contributed by atoms with E-state index in [1.807, 2.05) is 0 Å². The summed E-state index contributed by atoms with van der Waals surface area (Å²) in [5, 5.41) is 6.26. The summed E-state index contributed by atoms with van der Waals surface area (Å²) < 4.78 is 44.1. The van der Waals surface area contributed by atoms with Gasteiger partial charge in [-0.15, -0.1) is 0 Å². The first kappa shape index (κ1) is 12.5. The number of aromatic amines is 1. The minimum absolute atomic E-state index is 0.199. The van der Waals surface area contributed by atoms with Gasteiger partial charge in [-0.2, -0.15) is 5.10 Å². The number of ether oxygens (including phenoxy) is 1. The summed E-state index contributed by atoms with van der Waals surface area (Å²) in [7, 11) is 0. The van der Waals surface area contributed by atoms with Crippen LogP contribution in [0.15, 0.2) is 30.6 Å². The second kappa shape index (κ2) is 4.72. The van der Waals surface area contributed by atoms with Crippen molar-refractivity contribution in [2.45, 2.75) is 12.8 Å². The van der Waals surface area contributed by atoms with Crippen LogP contribution in [0.2, 0.25) is 0 Å². The van der Waals surface area contributed by atoms with E-state index in [0.717, 1.165) is 0 Å². The second-order valence-electron chi connectivity index (χ2n) is 3.96. The summed E-state index contributed by atoms with van der Waals surface area (Å²) in [4.78, 5) is 0. The molecule has 0 aliphatic carbocycles. The average Bonchev–Trinajstić information content (AvgIpc) is 2.80. The van der Waals surface area contributed by atoms with Crippen LogP contribution in [0.5, 0.6) is 5.75 Å². The number of hydrogen-bond acceptors (Lipinski definition) is 2. The third-order valence-corrected chi connectivity index (χ3v) is 2.25. The summed E-state index contributed by atoms with van der Waals surface area (Å²) in [5.74, 6) is -3.88. The zero-order chi connectivity index (χ0) is 13.2. The third-order valence-electron chi connectivity index (χ3n) is 2.25. The molecule has 0 spiro atoms. The molecule has 1 aromatic heterocycles. The van der Waals surface area contributed by atoms with E-state index in [-0.39, 0.29) is 11.3 Å². The highest BCUT2D eigenvalue weighted by atomic mass is 19.3. The standard InChI is InChI=1S/C12H11F3N2O/c1-12(14,15)7-18-10-4-2-3-9(11(10)13)8-5-16-17-6-8/h2-6H,7H2,1H3,(H,16,17). The molecule has 0 unspecified atom stereocenters. The van der Waals surface area contributed by atoms with E-state index in [1.54, 1.807) is 0 Å². The minimum atomic E-state index is -3.00. The number of rotatable bonds is 4. The Morgan fingerprint density at radius 1 is 1.39 bits per heavy atom. The SMILES string of the molecule is CC(F)(F)COc1cccc(-c2cn[nH]c2)c1F. The van der Waals surface area contributed by atoms with Crippen LogP contribution in [0.4, 0.5) is 13.2 Å². The molecule has 2 aromatic rings. The normalized spacial score (nSPS) is 11.6. The maximum Gasteiger partial charge on any atom is 0.278 e.